The van der Waals surface area contributed by atoms with Crippen LogP contribution in [0.15, 0.2) is 54.7 Å². The van der Waals surface area contributed by atoms with E-state index in [2.05, 4.69) is 4.57 Å². The van der Waals surface area contributed by atoms with Gasteiger partial charge in [0.2, 0.25) is 0 Å². The van der Waals surface area contributed by atoms with Crippen molar-refractivity contribution >= 4 is 28.8 Å². The van der Waals surface area contributed by atoms with Crippen molar-refractivity contribution in [2.45, 2.75) is 6.54 Å². The molecular weight excluding hydrogens is 258 g/mol. The molecule has 3 heteroatoms. The van der Waals surface area contributed by atoms with Crippen molar-refractivity contribution < 1.29 is 4.79 Å². The maximum absolute atomic E-state index is 10.8. The number of rotatable bonds is 3. The smallest absolute Gasteiger partial charge is 0.150 e. The molecule has 0 aliphatic rings. The molecule has 3 aromatic rings. The number of benzene rings is 2. The molecule has 1 heterocycles. The fourth-order valence-electron chi connectivity index (χ4n) is 2.24. The fourth-order valence-corrected chi connectivity index (χ4v) is 2.44. The van der Waals surface area contributed by atoms with Crippen molar-refractivity contribution in [3.63, 3.8) is 0 Å². The molecule has 0 aliphatic carbocycles. The van der Waals surface area contributed by atoms with E-state index >= 15 is 0 Å². The van der Waals surface area contributed by atoms with Gasteiger partial charge in [-0.2, -0.15) is 0 Å². The third-order valence-corrected chi connectivity index (χ3v) is 3.60. The monoisotopic (exact) mass is 269 g/mol. The first-order valence-corrected chi connectivity index (χ1v) is 6.43. The number of hydrogen-bond donors (Lipinski definition) is 0. The van der Waals surface area contributed by atoms with Gasteiger partial charge in [-0.1, -0.05) is 29.8 Å². The van der Waals surface area contributed by atoms with Gasteiger partial charge in [-0.25, -0.2) is 0 Å². The van der Waals surface area contributed by atoms with Crippen LogP contribution in [0.25, 0.3) is 10.9 Å². The van der Waals surface area contributed by atoms with E-state index in [1.54, 1.807) is 0 Å². The quantitative estimate of drug-likeness (QED) is 0.655. The number of carbonyl (C=O) groups is 1. The van der Waals surface area contributed by atoms with Crippen LogP contribution < -0.4 is 0 Å². The molecular formula is C16H12ClNO. The average molecular weight is 270 g/mol. The Labute approximate surface area is 116 Å². The Balaban J connectivity index is 2.02. The summed E-state index contributed by atoms with van der Waals surface area (Å²) in [6.45, 7) is 0.726. The highest BCUT2D eigenvalue weighted by Gasteiger charge is 2.04. The van der Waals surface area contributed by atoms with Crippen molar-refractivity contribution in [1.82, 2.24) is 4.57 Å². The van der Waals surface area contributed by atoms with Crippen LogP contribution in [-0.4, -0.2) is 10.9 Å². The lowest BCUT2D eigenvalue weighted by Crippen LogP contribution is -1.98. The summed E-state index contributed by atoms with van der Waals surface area (Å²) in [5.74, 6) is 0. The Bertz CT molecular complexity index is 745. The lowest BCUT2D eigenvalue weighted by molar-refractivity contribution is 0.112. The zero-order valence-electron chi connectivity index (χ0n) is 10.2. The van der Waals surface area contributed by atoms with Crippen LogP contribution in [0.4, 0.5) is 0 Å². The Morgan fingerprint density at radius 2 is 1.95 bits per heavy atom. The van der Waals surface area contributed by atoms with E-state index in [1.165, 1.54) is 0 Å². The second-order valence-corrected chi connectivity index (χ2v) is 4.88. The predicted molar refractivity (Wildman–Crippen MR) is 77.9 cm³/mol. The third kappa shape index (κ3) is 2.27. The molecule has 1 aromatic heterocycles. The van der Waals surface area contributed by atoms with E-state index in [0.717, 1.165) is 34.3 Å². The molecule has 0 saturated heterocycles. The summed E-state index contributed by atoms with van der Waals surface area (Å²) in [6.07, 6.45) is 2.88. The summed E-state index contributed by atoms with van der Waals surface area (Å²) in [4.78, 5) is 10.8. The molecule has 2 aromatic carbocycles. The molecule has 2 nitrogen and oxygen atoms in total. The summed E-state index contributed by atoms with van der Waals surface area (Å²) in [5.41, 5.74) is 2.88. The molecule has 0 unspecified atom stereocenters. The number of hydrogen-bond acceptors (Lipinski definition) is 1. The SMILES string of the molecule is O=Cc1ccc2c(ccn2Cc2ccccc2Cl)c1. The highest BCUT2D eigenvalue weighted by Crippen LogP contribution is 2.21. The van der Waals surface area contributed by atoms with E-state index < -0.39 is 0 Å². The Hall–Kier alpha value is -2.06. The lowest BCUT2D eigenvalue weighted by Gasteiger charge is -2.07. The average Bonchev–Trinajstić information content (AvgIpc) is 2.83. The van der Waals surface area contributed by atoms with Crippen molar-refractivity contribution in [2.24, 2.45) is 0 Å². The number of carbonyl (C=O) groups excluding carboxylic acids is 1. The van der Waals surface area contributed by atoms with Gasteiger partial charge in [0.25, 0.3) is 0 Å². The zero-order chi connectivity index (χ0) is 13.2. The molecule has 3 rings (SSSR count). The van der Waals surface area contributed by atoms with Gasteiger partial charge in [-0.15, -0.1) is 0 Å². The molecule has 0 saturated carbocycles. The Morgan fingerprint density at radius 3 is 2.74 bits per heavy atom. The van der Waals surface area contributed by atoms with Crippen molar-refractivity contribution in [2.75, 3.05) is 0 Å². The van der Waals surface area contributed by atoms with Gasteiger partial charge in [0.15, 0.2) is 0 Å². The van der Waals surface area contributed by atoms with Gasteiger partial charge in [-0.3, -0.25) is 4.79 Å². The van der Waals surface area contributed by atoms with Crippen LogP contribution in [0, 0.1) is 0 Å². The lowest BCUT2D eigenvalue weighted by atomic mass is 10.2. The van der Waals surface area contributed by atoms with Crippen molar-refractivity contribution in [1.29, 1.82) is 0 Å². The van der Waals surface area contributed by atoms with Crippen LogP contribution in [0.1, 0.15) is 15.9 Å². The minimum absolute atomic E-state index is 0.697. The van der Waals surface area contributed by atoms with Crippen LogP contribution in [0.5, 0.6) is 0 Å². The number of aromatic nitrogens is 1. The van der Waals surface area contributed by atoms with Gasteiger partial charge in [-0.05, 0) is 35.9 Å². The Morgan fingerprint density at radius 1 is 1.11 bits per heavy atom. The molecule has 0 aliphatic heterocycles. The van der Waals surface area contributed by atoms with E-state index in [0.29, 0.717) is 5.56 Å². The van der Waals surface area contributed by atoms with E-state index in [9.17, 15) is 4.79 Å². The van der Waals surface area contributed by atoms with Crippen LogP contribution in [0.3, 0.4) is 0 Å². The molecule has 0 atom stereocenters. The van der Waals surface area contributed by atoms with Crippen molar-refractivity contribution in [3.05, 3.63) is 70.9 Å². The number of fused-ring (bicyclic) bond motifs is 1. The molecule has 0 N–H and O–H groups in total. The summed E-state index contributed by atoms with van der Waals surface area (Å²) >= 11 is 6.18. The fraction of sp³-hybridized carbons (Fsp3) is 0.0625. The molecule has 0 bridgehead atoms. The molecule has 94 valence electrons. The summed E-state index contributed by atoms with van der Waals surface area (Å²) in [5, 5.41) is 1.84. The van der Waals surface area contributed by atoms with Gasteiger partial charge in [0.05, 0.1) is 0 Å². The molecule has 0 fully saturated rings. The predicted octanol–water partition coefficient (Wildman–Crippen LogP) is 4.16. The second kappa shape index (κ2) is 4.90. The maximum atomic E-state index is 10.8. The first-order chi connectivity index (χ1) is 9.28. The minimum Gasteiger partial charge on any atom is -0.343 e. The number of aldehydes is 1. The molecule has 19 heavy (non-hydrogen) atoms. The molecule has 0 spiro atoms. The van der Waals surface area contributed by atoms with Gasteiger partial charge in [0.1, 0.15) is 6.29 Å². The van der Waals surface area contributed by atoms with Crippen LogP contribution >= 0.6 is 11.6 Å². The second-order valence-electron chi connectivity index (χ2n) is 4.47. The highest BCUT2D eigenvalue weighted by atomic mass is 35.5. The van der Waals surface area contributed by atoms with Crippen LogP contribution in [-0.2, 0) is 6.54 Å². The van der Waals surface area contributed by atoms with Gasteiger partial charge >= 0.3 is 0 Å². The zero-order valence-corrected chi connectivity index (χ0v) is 11.0. The van der Waals surface area contributed by atoms with Crippen molar-refractivity contribution in [3.8, 4) is 0 Å². The Kier molecular flexibility index (Phi) is 3.10. The van der Waals surface area contributed by atoms with E-state index in [-0.39, 0.29) is 0 Å². The number of halogens is 1. The summed E-state index contributed by atoms with van der Waals surface area (Å²) in [6, 6.07) is 15.5. The van der Waals surface area contributed by atoms with Crippen LogP contribution in [0.2, 0.25) is 5.02 Å². The minimum atomic E-state index is 0.697. The molecule has 0 radical (unpaired) electrons. The summed E-state index contributed by atoms with van der Waals surface area (Å²) < 4.78 is 2.13. The third-order valence-electron chi connectivity index (χ3n) is 3.23. The van der Waals surface area contributed by atoms with E-state index in [1.807, 2.05) is 54.7 Å². The largest absolute Gasteiger partial charge is 0.343 e. The van der Waals surface area contributed by atoms with Gasteiger partial charge < -0.3 is 4.57 Å². The standard InChI is InChI=1S/C16H12ClNO/c17-15-4-2-1-3-14(15)10-18-8-7-13-9-12(11-19)5-6-16(13)18/h1-9,11H,10H2. The summed E-state index contributed by atoms with van der Waals surface area (Å²) in [7, 11) is 0. The van der Waals surface area contributed by atoms with E-state index in [4.69, 9.17) is 11.6 Å². The maximum Gasteiger partial charge on any atom is 0.150 e. The normalized spacial score (nSPS) is 10.8. The molecule has 0 amide bonds. The topological polar surface area (TPSA) is 22.0 Å². The van der Waals surface area contributed by atoms with Gasteiger partial charge in [0, 0.05) is 34.2 Å². The first kappa shape index (κ1) is 12.0. The highest BCUT2D eigenvalue weighted by molar-refractivity contribution is 6.31. The first-order valence-electron chi connectivity index (χ1n) is 6.05. The number of nitrogens with zero attached hydrogens (tertiary/aromatic N) is 1.